The van der Waals surface area contributed by atoms with Gasteiger partial charge < -0.3 is 5.32 Å². The Morgan fingerprint density at radius 3 is 1.89 bits per heavy atom. The summed E-state index contributed by atoms with van der Waals surface area (Å²) in [5.74, 6) is 2.39. The monoisotopic (exact) mass is 680 g/mol. The van der Waals surface area contributed by atoms with Gasteiger partial charge in [-0.05, 0) is 47.0 Å². The van der Waals surface area contributed by atoms with E-state index in [-0.39, 0.29) is 6.17 Å². The molecule has 1 aliphatic rings. The smallest absolute Gasteiger partial charge is 0.159 e. The van der Waals surface area contributed by atoms with Crippen LogP contribution in [0, 0.1) is 0 Å². The Kier molecular flexibility index (Phi) is 7.43. The van der Waals surface area contributed by atoms with Crippen LogP contribution < -0.4 is 5.32 Å². The molecule has 53 heavy (non-hydrogen) atoms. The summed E-state index contributed by atoms with van der Waals surface area (Å²) in [6, 6.07) is 60.9. The number of rotatable bonds is 6. The molecule has 1 atom stereocenters. The fraction of sp³-hybridized carbons (Fsp3) is 0.0213. The predicted octanol–water partition coefficient (Wildman–Crippen LogP) is 10.6. The first kappa shape index (κ1) is 30.6. The average Bonchev–Trinajstić information content (AvgIpc) is 3.66. The maximum atomic E-state index is 5.37. The minimum Gasteiger partial charge on any atom is -0.344 e. The number of aromatic nitrogens is 3. The third-order valence-corrected chi connectivity index (χ3v) is 9.87. The molecule has 0 spiro atoms. The summed E-state index contributed by atoms with van der Waals surface area (Å²) in [6.07, 6.45) is 1.54. The highest BCUT2D eigenvalue weighted by Gasteiger charge is 2.23. The van der Waals surface area contributed by atoms with Gasteiger partial charge in [-0.15, -0.1) is 0 Å². The lowest BCUT2D eigenvalue weighted by atomic mass is 10.0. The minimum absolute atomic E-state index is 0.323. The van der Waals surface area contributed by atoms with Crippen LogP contribution in [0.5, 0.6) is 0 Å². The summed E-state index contributed by atoms with van der Waals surface area (Å²) in [4.78, 5) is 20.3. The van der Waals surface area contributed by atoms with E-state index in [4.69, 9.17) is 20.0 Å². The van der Waals surface area contributed by atoms with E-state index in [9.17, 15) is 0 Å². The molecule has 250 valence electrons. The van der Waals surface area contributed by atoms with Crippen molar-refractivity contribution in [1.82, 2.24) is 19.9 Å². The van der Waals surface area contributed by atoms with Crippen LogP contribution in [0.2, 0.25) is 0 Å². The molecule has 3 heterocycles. The molecule has 2 aromatic heterocycles. The van der Waals surface area contributed by atoms with Crippen molar-refractivity contribution in [2.75, 3.05) is 0 Å². The lowest BCUT2D eigenvalue weighted by Crippen LogP contribution is -2.33. The molecule has 6 heteroatoms. The zero-order valence-electron chi connectivity index (χ0n) is 28.6. The van der Waals surface area contributed by atoms with Crippen LogP contribution in [0.1, 0.15) is 22.9 Å². The molecule has 6 nitrogen and oxygen atoms in total. The highest BCUT2D eigenvalue weighted by atomic mass is 15.2. The van der Waals surface area contributed by atoms with Crippen molar-refractivity contribution in [3.05, 3.63) is 199 Å². The lowest BCUT2D eigenvalue weighted by Gasteiger charge is -2.24. The Balaban J connectivity index is 1.12. The highest BCUT2D eigenvalue weighted by molar-refractivity contribution is 6.23. The molecule has 7 aromatic carbocycles. The Hall–Kier alpha value is -7.18. The highest BCUT2D eigenvalue weighted by Crippen LogP contribution is 2.39. The van der Waals surface area contributed by atoms with Gasteiger partial charge in [0.15, 0.2) is 5.84 Å². The summed E-state index contributed by atoms with van der Waals surface area (Å²) in [7, 11) is 0. The topological polar surface area (TPSA) is 67.5 Å². The lowest BCUT2D eigenvalue weighted by molar-refractivity contribution is 0.674. The Morgan fingerprint density at radius 2 is 1.11 bits per heavy atom. The van der Waals surface area contributed by atoms with Crippen molar-refractivity contribution >= 4 is 44.4 Å². The maximum Gasteiger partial charge on any atom is 0.159 e. The van der Waals surface area contributed by atoms with Crippen molar-refractivity contribution in [3.63, 3.8) is 0 Å². The van der Waals surface area contributed by atoms with Gasteiger partial charge in [0.25, 0.3) is 0 Å². The third kappa shape index (κ3) is 5.45. The number of nitrogens with one attached hydrogen (secondary N) is 1. The molecule has 0 saturated carbocycles. The largest absolute Gasteiger partial charge is 0.344 e. The molecule has 0 fully saturated rings. The molecular formula is C47H32N6. The molecule has 0 radical (unpaired) electrons. The summed E-state index contributed by atoms with van der Waals surface area (Å²) >= 11 is 0. The summed E-state index contributed by atoms with van der Waals surface area (Å²) < 4.78 is 2.31. The number of aliphatic imine (C=N–C) groups is 2. The number of benzene rings is 7. The number of hydrogen-bond donors (Lipinski definition) is 1. The maximum absolute atomic E-state index is 5.37. The van der Waals surface area contributed by atoms with Crippen LogP contribution >= 0.6 is 0 Å². The van der Waals surface area contributed by atoms with Crippen LogP contribution in [0.4, 0.5) is 0 Å². The van der Waals surface area contributed by atoms with Crippen LogP contribution in [-0.4, -0.2) is 26.2 Å². The van der Waals surface area contributed by atoms with Crippen LogP contribution in [0.25, 0.3) is 60.9 Å². The van der Waals surface area contributed by atoms with Gasteiger partial charge in [0.1, 0.15) is 17.8 Å². The van der Waals surface area contributed by atoms with Gasteiger partial charge in [-0.3, -0.25) is 9.55 Å². The van der Waals surface area contributed by atoms with Crippen LogP contribution in [0.3, 0.4) is 0 Å². The van der Waals surface area contributed by atoms with E-state index < -0.39 is 0 Å². The molecule has 1 unspecified atom stereocenters. The fourth-order valence-corrected chi connectivity index (χ4v) is 7.39. The quantitative estimate of drug-likeness (QED) is 0.178. The van der Waals surface area contributed by atoms with E-state index in [0.29, 0.717) is 5.84 Å². The van der Waals surface area contributed by atoms with Crippen molar-refractivity contribution < 1.29 is 0 Å². The van der Waals surface area contributed by atoms with Crippen molar-refractivity contribution in [3.8, 4) is 28.2 Å². The van der Waals surface area contributed by atoms with E-state index in [2.05, 4.69) is 137 Å². The molecule has 0 saturated heterocycles. The van der Waals surface area contributed by atoms with Crippen molar-refractivity contribution in [2.24, 2.45) is 9.98 Å². The summed E-state index contributed by atoms with van der Waals surface area (Å²) in [5, 5.41) is 6.88. The molecule has 0 amide bonds. The molecule has 1 aliphatic heterocycles. The summed E-state index contributed by atoms with van der Waals surface area (Å²) in [6.45, 7) is 0. The zero-order chi connectivity index (χ0) is 35.1. The van der Waals surface area contributed by atoms with Crippen LogP contribution in [0.15, 0.2) is 192 Å². The van der Waals surface area contributed by atoms with Crippen molar-refractivity contribution in [2.45, 2.75) is 6.17 Å². The molecule has 1 N–H and O–H groups in total. The van der Waals surface area contributed by atoms with E-state index in [1.54, 1.807) is 0 Å². The van der Waals surface area contributed by atoms with Gasteiger partial charge >= 0.3 is 0 Å². The zero-order valence-corrected chi connectivity index (χ0v) is 28.6. The molecule has 9 aromatic rings. The molecule has 0 bridgehead atoms. The molecular weight excluding hydrogens is 649 g/mol. The minimum atomic E-state index is -0.323. The first-order valence-corrected chi connectivity index (χ1v) is 17.8. The third-order valence-electron chi connectivity index (χ3n) is 9.87. The van der Waals surface area contributed by atoms with Gasteiger partial charge in [-0.2, -0.15) is 0 Å². The number of imidazole rings is 1. The second-order valence-corrected chi connectivity index (χ2v) is 13.1. The Morgan fingerprint density at radius 1 is 0.491 bits per heavy atom. The fourth-order valence-electron chi connectivity index (χ4n) is 7.39. The van der Waals surface area contributed by atoms with Crippen LogP contribution in [-0.2, 0) is 0 Å². The first-order chi connectivity index (χ1) is 26.3. The second-order valence-electron chi connectivity index (χ2n) is 13.1. The second kappa shape index (κ2) is 12.9. The van der Waals surface area contributed by atoms with Crippen molar-refractivity contribution in [1.29, 1.82) is 0 Å². The van der Waals surface area contributed by atoms with Gasteiger partial charge in [0.05, 0.1) is 16.6 Å². The van der Waals surface area contributed by atoms with E-state index in [1.807, 2.05) is 54.7 Å². The average molecular weight is 681 g/mol. The van der Waals surface area contributed by atoms with Gasteiger partial charge in [-0.25, -0.2) is 15.0 Å². The number of fused-ring (bicyclic) bond motifs is 6. The molecule has 0 aliphatic carbocycles. The number of amidine groups is 2. The van der Waals surface area contributed by atoms with Gasteiger partial charge in [0.2, 0.25) is 0 Å². The Labute approximate surface area is 306 Å². The van der Waals surface area contributed by atoms with E-state index >= 15 is 0 Å². The number of hydrogen-bond acceptors (Lipinski definition) is 5. The SMILES string of the molecule is c1ccc(C2=NC(c3cccc(-c4cccc(-n5c(-c6ccccc6)nc6c7cccnc7c7ccccc7c65)c4)c3)NC(c3ccccc3)=N2)cc1. The number of pyridine rings is 1. The summed E-state index contributed by atoms with van der Waals surface area (Å²) in [5.41, 5.74) is 10.3. The van der Waals surface area contributed by atoms with E-state index in [0.717, 1.165) is 83.4 Å². The Bertz CT molecular complexity index is 2860. The van der Waals surface area contributed by atoms with Gasteiger partial charge in [0, 0.05) is 44.7 Å². The van der Waals surface area contributed by atoms with E-state index in [1.165, 1.54) is 0 Å². The predicted molar refractivity (Wildman–Crippen MR) is 217 cm³/mol. The molecule has 10 rings (SSSR count). The standard InChI is InChI=1S/C47H32N6/c1-4-15-31(16-5-1)44-50-45(32-17-6-2-7-18-32)52-46(51-44)36-23-12-21-34(29-36)35-22-13-24-37(30-35)53-43-39-26-11-10-25-38(39)41-40(27-14-28-48-41)42(43)49-47(53)33-19-8-3-9-20-33/h1-30,46H,(H,50,51,52). The number of nitrogens with zero attached hydrogens (tertiary/aromatic N) is 5. The van der Waals surface area contributed by atoms with Gasteiger partial charge in [-0.1, -0.05) is 146 Å². The normalized spacial score (nSPS) is 14.2. The first-order valence-electron chi connectivity index (χ1n) is 17.8.